The minimum absolute atomic E-state index is 0.0114. The molecule has 6 nitrogen and oxygen atoms in total. The van der Waals surface area contributed by atoms with Crippen LogP contribution in [0.15, 0.2) is 6.07 Å². The molecule has 0 bridgehead atoms. The van der Waals surface area contributed by atoms with E-state index in [-0.39, 0.29) is 11.9 Å². The Morgan fingerprint density at radius 2 is 1.86 bits per heavy atom. The lowest BCUT2D eigenvalue weighted by Crippen LogP contribution is -2.46. The second kappa shape index (κ2) is 8.19. The van der Waals surface area contributed by atoms with Crippen LogP contribution in [0, 0.1) is 19.8 Å². The van der Waals surface area contributed by atoms with Crippen molar-refractivity contribution in [2.45, 2.75) is 64.8 Å². The van der Waals surface area contributed by atoms with Crippen molar-refractivity contribution < 1.29 is 4.79 Å². The fraction of sp³-hybridized carbons (Fsp3) is 0.682. The first-order valence-corrected chi connectivity index (χ1v) is 10.9. The number of piperidine rings is 1. The number of carbonyl (C=O) groups excluding carboxylic acids is 1. The highest BCUT2D eigenvalue weighted by Gasteiger charge is 2.25. The molecule has 0 unspecified atom stereocenters. The number of rotatable bonds is 4. The minimum atomic E-state index is 0.0114. The van der Waals surface area contributed by atoms with Gasteiger partial charge >= 0.3 is 0 Å². The first kappa shape index (κ1) is 19.4. The number of likely N-dealkylation sites (tertiary alicyclic amines) is 1. The van der Waals surface area contributed by atoms with Crippen molar-refractivity contribution in [3.8, 4) is 0 Å². The van der Waals surface area contributed by atoms with Gasteiger partial charge in [-0.2, -0.15) is 5.10 Å². The molecule has 2 aromatic rings. The molecule has 1 aliphatic carbocycles. The van der Waals surface area contributed by atoms with Crippen LogP contribution >= 0.6 is 0 Å². The number of hydrogen-bond acceptors (Lipinski definition) is 4. The summed E-state index contributed by atoms with van der Waals surface area (Å²) in [5.74, 6) is 0.902. The van der Waals surface area contributed by atoms with E-state index in [1.807, 2.05) is 27.0 Å². The summed E-state index contributed by atoms with van der Waals surface area (Å²) in [5, 5.41) is 8.61. The number of aromatic nitrogens is 3. The van der Waals surface area contributed by atoms with Crippen LogP contribution in [-0.4, -0.2) is 51.2 Å². The number of amides is 1. The number of fused-ring (bicyclic) bond motifs is 1. The Kier molecular flexibility index (Phi) is 5.67. The molecule has 6 heteroatoms. The normalized spacial score (nSPS) is 20.0. The van der Waals surface area contributed by atoms with Crippen LogP contribution in [0.3, 0.4) is 0 Å². The van der Waals surface area contributed by atoms with E-state index in [0.717, 1.165) is 54.3 Å². The molecule has 1 saturated carbocycles. The van der Waals surface area contributed by atoms with Crippen molar-refractivity contribution in [2.24, 2.45) is 13.0 Å². The average molecular weight is 384 g/mol. The third-order valence-electron chi connectivity index (χ3n) is 6.51. The summed E-state index contributed by atoms with van der Waals surface area (Å²) in [6.45, 7) is 7.32. The topological polar surface area (TPSA) is 63.1 Å². The van der Waals surface area contributed by atoms with Gasteiger partial charge in [-0.3, -0.25) is 9.48 Å². The summed E-state index contributed by atoms with van der Waals surface area (Å²) in [6.07, 6.45) is 9.12. The molecule has 1 N–H and O–H groups in total. The Labute approximate surface area is 167 Å². The highest BCUT2D eigenvalue weighted by Crippen LogP contribution is 2.26. The molecule has 3 heterocycles. The maximum absolute atomic E-state index is 13.0. The number of carbonyl (C=O) groups is 1. The van der Waals surface area contributed by atoms with Gasteiger partial charge in [0.2, 0.25) is 0 Å². The zero-order valence-corrected chi connectivity index (χ0v) is 17.5. The highest BCUT2D eigenvalue weighted by molar-refractivity contribution is 6.06. The van der Waals surface area contributed by atoms with Crippen molar-refractivity contribution in [1.29, 1.82) is 0 Å². The second-order valence-electron chi connectivity index (χ2n) is 8.77. The van der Waals surface area contributed by atoms with Crippen LogP contribution in [0.2, 0.25) is 0 Å². The first-order valence-electron chi connectivity index (χ1n) is 10.9. The van der Waals surface area contributed by atoms with Gasteiger partial charge in [0, 0.05) is 38.4 Å². The molecule has 2 aliphatic rings. The smallest absolute Gasteiger partial charge is 0.252 e. The van der Waals surface area contributed by atoms with E-state index in [4.69, 9.17) is 0 Å². The van der Waals surface area contributed by atoms with Crippen LogP contribution in [0.1, 0.15) is 66.7 Å². The number of hydrogen-bond donors (Lipinski definition) is 1. The van der Waals surface area contributed by atoms with Gasteiger partial charge < -0.3 is 10.2 Å². The zero-order valence-electron chi connectivity index (χ0n) is 17.5. The molecule has 2 fully saturated rings. The Bertz CT molecular complexity index is 844. The van der Waals surface area contributed by atoms with Crippen molar-refractivity contribution >= 4 is 16.9 Å². The summed E-state index contributed by atoms with van der Waals surface area (Å²) in [7, 11) is 1.88. The van der Waals surface area contributed by atoms with Gasteiger partial charge in [0.25, 0.3) is 5.91 Å². The van der Waals surface area contributed by atoms with E-state index in [9.17, 15) is 4.79 Å². The first-order chi connectivity index (χ1) is 13.5. The van der Waals surface area contributed by atoms with Crippen LogP contribution in [0.5, 0.6) is 0 Å². The van der Waals surface area contributed by atoms with E-state index in [1.54, 1.807) is 4.68 Å². The monoisotopic (exact) mass is 383 g/mol. The second-order valence-corrected chi connectivity index (χ2v) is 8.77. The van der Waals surface area contributed by atoms with Crippen LogP contribution in [-0.2, 0) is 7.05 Å². The molecule has 28 heavy (non-hydrogen) atoms. The van der Waals surface area contributed by atoms with E-state index in [0.29, 0.717) is 5.56 Å². The van der Waals surface area contributed by atoms with Crippen molar-refractivity contribution in [3.05, 3.63) is 23.0 Å². The number of aryl methyl sites for hydroxylation is 3. The number of nitrogens with zero attached hydrogens (tertiary/aromatic N) is 4. The summed E-state index contributed by atoms with van der Waals surface area (Å²) in [6, 6.07) is 2.15. The fourth-order valence-corrected chi connectivity index (χ4v) is 5.01. The number of nitrogens with one attached hydrogen (secondary N) is 1. The third-order valence-corrected chi connectivity index (χ3v) is 6.51. The third kappa shape index (κ3) is 4.07. The van der Waals surface area contributed by atoms with Gasteiger partial charge in [0.15, 0.2) is 5.65 Å². The number of pyridine rings is 1. The molecule has 1 amide bonds. The maximum Gasteiger partial charge on any atom is 0.252 e. The molecular weight excluding hydrogens is 350 g/mol. The van der Waals surface area contributed by atoms with Gasteiger partial charge in [-0.1, -0.05) is 19.3 Å². The molecule has 1 saturated heterocycles. The molecule has 0 aromatic carbocycles. The summed E-state index contributed by atoms with van der Waals surface area (Å²) in [5.41, 5.74) is 3.20. The summed E-state index contributed by atoms with van der Waals surface area (Å²) >= 11 is 0. The van der Waals surface area contributed by atoms with E-state index < -0.39 is 0 Å². The van der Waals surface area contributed by atoms with Crippen molar-refractivity contribution in [3.63, 3.8) is 0 Å². The van der Waals surface area contributed by atoms with Crippen molar-refractivity contribution in [1.82, 2.24) is 25.0 Å². The lowest BCUT2D eigenvalue weighted by atomic mass is 9.88. The molecule has 0 spiro atoms. The molecule has 4 rings (SSSR count). The van der Waals surface area contributed by atoms with Crippen molar-refractivity contribution in [2.75, 3.05) is 19.6 Å². The maximum atomic E-state index is 13.0. The summed E-state index contributed by atoms with van der Waals surface area (Å²) < 4.78 is 1.76. The molecule has 0 atom stereocenters. The predicted octanol–water partition coefficient (Wildman–Crippen LogP) is 3.36. The molecule has 152 valence electrons. The molecule has 2 aromatic heterocycles. The minimum Gasteiger partial charge on any atom is -0.349 e. The van der Waals surface area contributed by atoms with E-state index in [2.05, 4.69) is 20.3 Å². The zero-order chi connectivity index (χ0) is 19.7. The van der Waals surface area contributed by atoms with Gasteiger partial charge in [-0.15, -0.1) is 0 Å². The Hall–Kier alpha value is -1.95. The average Bonchev–Trinajstić information content (AvgIpc) is 2.97. The SMILES string of the molecule is Cc1cc(C(=O)NC2CCN(CC3CCCCC3)CC2)c2c(C)nn(C)c2n1. The van der Waals surface area contributed by atoms with E-state index >= 15 is 0 Å². The van der Waals surface area contributed by atoms with Gasteiger partial charge in [0.05, 0.1) is 16.6 Å². The van der Waals surface area contributed by atoms with Gasteiger partial charge in [0.1, 0.15) is 0 Å². The highest BCUT2D eigenvalue weighted by atomic mass is 16.1. The quantitative estimate of drug-likeness (QED) is 0.879. The molecule has 0 radical (unpaired) electrons. The predicted molar refractivity (Wildman–Crippen MR) is 111 cm³/mol. The summed E-state index contributed by atoms with van der Waals surface area (Å²) in [4.78, 5) is 20.2. The van der Waals surface area contributed by atoms with Gasteiger partial charge in [-0.05, 0) is 51.5 Å². The Morgan fingerprint density at radius 3 is 2.57 bits per heavy atom. The van der Waals surface area contributed by atoms with Crippen LogP contribution in [0.25, 0.3) is 11.0 Å². The Balaban J connectivity index is 1.38. The van der Waals surface area contributed by atoms with E-state index in [1.165, 1.54) is 38.6 Å². The lowest BCUT2D eigenvalue weighted by Gasteiger charge is -2.35. The molecule has 1 aliphatic heterocycles. The van der Waals surface area contributed by atoms with Crippen LogP contribution in [0.4, 0.5) is 0 Å². The standard InChI is InChI=1S/C22H33N5O/c1-15-13-19(20-16(2)25-26(3)21(20)23-15)22(28)24-18-9-11-27(12-10-18)14-17-7-5-4-6-8-17/h13,17-18H,4-12,14H2,1-3H3,(H,24,28). The molecular formula is C22H33N5O. The van der Waals surface area contributed by atoms with Crippen LogP contribution < -0.4 is 5.32 Å². The fourth-order valence-electron chi connectivity index (χ4n) is 5.01. The Morgan fingerprint density at radius 1 is 1.14 bits per heavy atom. The van der Waals surface area contributed by atoms with Gasteiger partial charge in [-0.25, -0.2) is 4.98 Å². The largest absolute Gasteiger partial charge is 0.349 e. The lowest BCUT2D eigenvalue weighted by molar-refractivity contribution is 0.0903.